The van der Waals surface area contributed by atoms with Crippen molar-refractivity contribution in [3.05, 3.63) is 0 Å². The number of Topliss-reactive ketones (excluding diaryl/α,β-unsaturated/α-hetero) is 3. The van der Waals surface area contributed by atoms with Gasteiger partial charge in [-0.1, -0.05) is 0 Å². The minimum absolute atomic E-state index is 0. The molecule has 0 saturated carbocycles. The molecule has 0 rings (SSSR count). The quantitative estimate of drug-likeness (QED) is 0.261. The molecule has 0 atom stereocenters. The predicted molar refractivity (Wildman–Crippen MR) is 113 cm³/mol. The van der Waals surface area contributed by atoms with Crippen molar-refractivity contribution in [2.75, 3.05) is 19.8 Å². The maximum Gasteiger partial charge on any atom is 0.313 e. The van der Waals surface area contributed by atoms with Crippen LogP contribution in [0.3, 0.4) is 0 Å². The fourth-order valence-corrected chi connectivity index (χ4v) is 1.25. The summed E-state index contributed by atoms with van der Waals surface area (Å²) in [5.41, 5.74) is 0. The Morgan fingerprint density at radius 3 is 0.844 bits per heavy atom. The molecule has 0 aromatic rings. The molecule has 186 valence electrons. The van der Waals surface area contributed by atoms with E-state index in [1.54, 1.807) is 34.6 Å². The molecule has 0 aliphatic carbocycles. The Hall–Kier alpha value is -1.74. The Bertz CT molecular complexity index is 471. The summed E-state index contributed by atoms with van der Waals surface area (Å²) in [5, 5.41) is 8.06. The zero-order valence-electron chi connectivity index (χ0n) is 20.4. The molecule has 0 saturated heterocycles. The third-order valence-electron chi connectivity index (χ3n) is 2.10. The largest absolute Gasteiger partial charge is 0.466 e. The molecule has 32 heavy (non-hydrogen) atoms. The van der Waals surface area contributed by atoms with Crippen LogP contribution in [0.5, 0.6) is 0 Å². The van der Waals surface area contributed by atoms with Gasteiger partial charge >= 0.3 is 17.9 Å². The Labute approximate surface area is 209 Å². The van der Waals surface area contributed by atoms with Crippen molar-refractivity contribution >= 4 is 35.3 Å². The molecule has 0 bridgehead atoms. The number of carbonyl (C=O) groups is 6. The molecule has 0 aromatic heterocycles. The van der Waals surface area contributed by atoms with Crippen LogP contribution in [0.25, 0.3) is 0 Å². The summed E-state index contributed by atoms with van der Waals surface area (Å²) in [5.74, 6) is -1.80. The van der Waals surface area contributed by atoms with Gasteiger partial charge in [0.2, 0.25) is 0 Å². The molecular formula is C21H38O10Zr. The van der Waals surface area contributed by atoms with Crippen LogP contribution in [-0.4, -0.2) is 66.3 Å². The van der Waals surface area contributed by atoms with Crippen LogP contribution in [-0.2, 0) is 69.2 Å². The van der Waals surface area contributed by atoms with Crippen molar-refractivity contribution in [2.24, 2.45) is 0 Å². The second-order valence-electron chi connectivity index (χ2n) is 6.15. The van der Waals surface area contributed by atoms with Gasteiger partial charge in [0.05, 0.1) is 19.8 Å². The fraction of sp³-hybridized carbons (Fsp3) is 0.714. The molecule has 1 N–H and O–H groups in total. The minimum atomic E-state index is -0.440. The summed E-state index contributed by atoms with van der Waals surface area (Å²) in [6, 6.07) is 0. The molecule has 0 amide bonds. The summed E-state index contributed by atoms with van der Waals surface area (Å²) >= 11 is 0. The maximum absolute atomic E-state index is 10.4. The van der Waals surface area contributed by atoms with Gasteiger partial charge in [-0.3, -0.25) is 28.8 Å². The summed E-state index contributed by atoms with van der Waals surface area (Å²) in [6.07, 6.45) is -0.477. The first-order chi connectivity index (χ1) is 14.2. The van der Waals surface area contributed by atoms with Crippen molar-refractivity contribution in [2.45, 2.75) is 80.8 Å². The molecule has 0 aromatic carbocycles. The van der Waals surface area contributed by atoms with Gasteiger partial charge in [-0.25, -0.2) is 0 Å². The standard InChI is InChI=1S/3C6H10O3.C3H8O.Zr/c3*1-3-9-6(8)4-5(2)7;1-3(2)4;/h3*3-4H2,1-2H3;3-4H,1-2H3;. The Morgan fingerprint density at radius 1 is 0.594 bits per heavy atom. The molecule has 11 heteroatoms. The van der Waals surface area contributed by atoms with Crippen molar-refractivity contribution < 1.29 is 74.3 Å². The van der Waals surface area contributed by atoms with E-state index in [1.807, 2.05) is 0 Å². The van der Waals surface area contributed by atoms with Gasteiger partial charge in [0.15, 0.2) is 0 Å². The molecule has 0 aliphatic heterocycles. The molecule has 0 spiro atoms. The van der Waals surface area contributed by atoms with E-state index >= 15 is 0 Å². The van der Waals surface area contributed by atoms with Crippen molar-refractivity contribution in [3.63, 3.8) is 0 Å². The second kappa shape index (κ2) is 29.3. The van der Waals surface area contributed by atoms with Gasteiger partial charge < -0.3 is 19.3 Å². The SMILES string of the molecule is CC(C)O.CCOC(=O)CC(C)=O.CCOC(=O)CC(C)=O.CCOC(=O)CC(C)=O.[Zr]. The zero-order valence-corrected chi connectivity index (χ0v) is 22.9. The summed E-state index contributed by atoms with van der Waals surface area (Å²) in [7, 11) is 0. The third-order valence-corrected chi connectivity index (χ3v) is 2.10. The van der Waals surface area contributed by atoms with Gasteiger partial charge in [0.25, 0.3) is 0 Å². The van der Waals surface area contributed by atoms with Gasteiger partial charge in [0.1, 0.15) is 36.6 Å². The van der Waals surface area contributed by atoms with E-state index in [0.717, 1.165) is 0 Å². The second-order valence-corrected chi connectivity index (χ2v) is 6.15. The van der Waals surface area contributed by atoms with E-state index in [2.05, 4.69) is 14.2 Å². The van der Waals surface area contributed by atoms with Gasteiger partial charge in [-0.2, -0.15) is 0 Å². The van der Waals surface area contributed by atoms with Crippen molar-refractivity contribution in [3.8, 4) is 0 Å². The van der Waals surface area contributed by atoms with E-state index in [0.29, 0.717) is 19.8 Å². The Morgan fingerprint density at radius 2 is 0.750 bits per heavy atom. The van der Waals surface area contributed by atoms with Crippen molar-refractivity contribution in [1.29, 1.82) is 0 Å². The normalized spacial score (nSPS) is 8.44. The monoisotopic (exact) mass is 540 g/mol. The number of hydrogen-bond acceptors (Lipinski definition) is 10. The number of rotatable bonds is 9. The van der Waals surface area contributed by atoms with Crippen LogP contribution < -0.4 is 0 Å². The van der Waals surface area contributed by atoms with E-state index in [1.165, 1.54) is 20.8 Å². The molecule has 10 nitrogen and oxygen atoms in total. The average Bonchev–Trinajstić information content (AvgIpc) is 2.53. The number of ether oxygens (including phenoxy) is 3. The number of aliphatic hydroxyl groups is 1. The number of ketones is 3. The smallest absolute Gasteiger partial charge is 0.313 e. The van der Waals surface area contributed by atoms with Crippen LogP contribution in [0.1, 0.15) is 74.7 Å². The first-order valence-corrected chi connectivity index (χ1v) is 9.86. The van der Waals surface area contributed by atoms with Gasteiger partial charge in [-0.15, -0.1) is 0 Å². The molecule has 0 unspecified atom stereocenters. The van der Waals surface area contributed by atoms with Crippen LogP contribution in [0.4, 0.5) is 0 Å². The minimum Gasteiger partial charge on any atom is -0.466 e. The van der Waals surface area contributed by atoms with E-state index in [4.69, 9.17) is 5.11 Å². The van der Waals surface area contributed by atoms with Crippen molar-refractivity contribution in [1.82, 2.24) is 0 Å². The van der Waals surface area contributed by atoms with Crippen LogP contribution >= 0.6 is 0 Å². The summed E-state index contributed by atoms with van der Waals surface area (Å²) in [6.45, 7) is 13.7. The Balaban J connectivity index is -0.000000104. The van der Waals surface area contributed by atoms with Crippen LogP contribution in [0, 0.1) is 0 Å². The molecule has 0 radical (unpaired) electrons. The summed E-state index contributed by atoms with van der Waals surface area (Å²) in [4.78, 5) is 61.9. The molecular weight excluding hydrogens is 503 g/mol. The molecule has 0 aliphatic rings. The fourth-order valence-electron chi connectivity index (χ4n) is 1.25. The Kier molecular flexibility index (Phi) is 37.1. The van der Waals surface area contributed by atoms with E-state index in [9.17, 15) is 28.8 Å². The van der Waals surface area contributed by atoms with Crippen LogP contribution in [0.15, 0.2) is 0 Å². The van der Waals surface area contributed by atoms with E-state index < -0.39 is 17.9 Å². The van der Waals surface area contributed by atoms with E-state index in [-0.39, 0.29) is 68.9 Å². The number of hydrogen-bond donors (Lipinski definition) is 1. The van der Waals surface area contributed by atoms with Gasteiger partial charge in [0, 0.05) is 32.3 Å². The average molecular weight is 542 g/mol. The predicted octanol–water partition coefficient (Wildman–Crippen LogP) is 1.97. The molecule has 0 fully saturated rings. The number of carbonyl (C=O) groups excluding carboxylic acids is 6. The first-order valence-electron chi connectivity index (χ1n) is 9.86. The number of aliphatic hydroxyl groups excluding tert-OH is 1. The topological polar surface area (TPSA) is 150 Å². The maximum atomic E-state index is 10.4. The van der Waals surface area contributed by atoms with Gasteiger partial charge in [-0.05, 0) is 55.4 Å². The zero-order chi connectivity index (χ0) is 25.4. The number of esters is 3. The van der Waals surface area contributed by atoms with Crippen LogP contribution in [0.2, 0.25) is 0 Å². The molecule has 0 heterocycles. The summed E-state index contributed by atoms with van der Waals surface area (Å²) < 4.78 is 13.5. The third kappa shape index (κ3) is 56.6. The first kappa shape index (κ1) is 40.6.